The fourth-order valence-corrected chi connectivity index (χ4v) is 2.17. The Kier molecular flexibility index (Phi) is 3.43. The maximum absolute atomic E-state index is 11.6. The lowest BCUT2D eigenvalue weighted by molar-refractivity contribution is -0.116. The highest BCUT2D eigenvalue weighted by Crippen LogP contribution is 2.27. The van der Waals surface area contributed by atoms with Gasteiger partial charge in [-0.1, -0.05) is 13.3 Å². The third kappa shape index (κ3) is 2.52. The summed E-state index contributed by atoms with van der Waals surface area (Å²) < 4.78 is 0.863. The first kappa shape index (κ1) is 11.4. The fourth-order valence-electron chi connectivity index (χ4n) is 1.84. The summed E-state index contributed by atoms with van der Waals surface area (Å²) in [6, 6.07) is 2.04. The lowest BCUT2D eigenvalue weighted by Gasteiger charge is -2.14. The summed E-state index contributed by atoms with van der Waals surface area (Å²) >= 11 is 3.34. The third-order valence-electron chi connectivity index (χ3n) is 2.54. The van der Waals surface area contributed by atoms with Gasteiger partial charge in [0.25, 0.3) is 0 Å². The quantitative estimate of drug-likeness (QED) is 0.878. The van der Waals surface area contributed by atoms with Crippen LogP contribution in [0.4, 0.5) is 11.5 Å². The van der Waals surface area contributed by atoms with Crippen molar-refractivity contribution in [1.29, 1.82) is 0 Å². The molecule has 0 bridgehead atoms. The van der Waals surface area contributed by atoms with E-state index in [9.17, 15) is 4.79 Å². The monoisotopic (exact) mass is 283 g/mol. The minimum atomic E-state index is 0.0459. The molecule has 0 saturated carbocycles. The molecule has 16 heavy (non-hydrogen) atoms. The van der Waals surface area contributed by atoms with Crippen LogP contribution in [0.1, 0.15) is 26.2 Å². The molecule has 5 heteroatoms. The minimum Gasteiger partial charge on any atom is -0.365 e. The van der Waals surface area contributed by atoms with Gasteiger partial charge in [0.2, 0.25) is 5.91 Å². The SMILES string of the molecule is CCCC1CC(=O)Nc2cc(Br)cnc2N1. The molecule has 1 atom stereocenters. The van der Waals surface area contributed by atoms with Gasteiger partial charge in [0, 0.05) is 23.1 Å². The molecule has 1 aromatic heterocycles. The van der Waals surface area contributed by atoms with E-state index in [-0.39, 0.29) is 11.9 Å². The number of aromatic nitrogens is 1. The third-order valence-corrected chi connectivity index (χ3v) is 2.97. The van der Waals surface area contributed by atoms with Gasteiger partial charge in [0.15, 0.2) is 0 Å². The van der Waals surface area contributed by atoms with Crippen LogP contribution in [-0.4, -0.2) is 16.9 Å². The molecule has 1 aliphatic rings. The number of anilines is 2. The first-order chi connectivity index (χ1) is 7.69. The number of nitrogens with one attached hydrogen (secondary N) is 2. The van der Waals surface area contributed by atoms with Crippen molar-refractivity contribution in [1.82, 2.24) is 4.98 Å². The number of carbonyl (C=O) groups is 1. The summed E-state index contributed by atoms with van der Waals surface area (Å²) in [4.78, 5) is 15.9. The number of carbonyl (C=O) groups excluding carboxylic acids is 1. The normalized spacial score (nSPS) is 19.4. The Morgan fingerprint density at radius 3 is 3.19 bits per heavy atom. The molecule has 0 aliphatic carbocycles. The van der Waals surface area contributed by atoms with Gasteiger partial charge in [0.05, 0.1) is 5.69 Å². The molecular formula is C11H14BrN3O. The molecule has 0 spiro atoms. The molecule has 4 nitrogen and oxygen atoms in total. The van der Waals surface area contributed by atoms with E-state index in [1.54, 1.807) is 6.20 Å². The van der Waals surface area contributed by atoms with Crippen LogP contribution in [0, 0.1) is 0 Å². The van der Waals surface area contributed by atoms with E-state index >= 15 is 0 Å². The highest BCUT2D eigenvalue weighted by molar-refractivity contribution is 9.10. The summed E-state index contributed by atoms with van der Waals surface area (Å²) in [7, 11) is 0. The number of hydrogen-bond donors (Lipinski definition) is 2. The molecule has 2 heterocycles. The highest BCUT2D eigenvalue weighted by atomic mass is 79.9. The number of halogens is 1. The van der Waals surface area contributed by atoms with Gasteiger partial charge < -0.3 is 10.6 Å². The Hall–Kier alpha value is -1.10. The van der Waals surface area contributed by atoms with Crippen LogP contribution >= 0.6 is 15.9 Å². The summed E-state index contributed by atoms with van der Waals surface area (Å²) in [6.45, 7) is 2.11. The second-order valence-electron chi connectivity index (χ2n) is 3.93. The van der Waals surface area contributed by atoms with Gasteiger partial charge >= 0.3 is 0 Å². The summed E-state index contributed by atoms with van der Waals surface area (Å²) in [5.41, 5.74) is 0.748. The molecule has 1 unspecified atom stereocenters. The van der Waals surface area contributed by atoms with E-state index in [2.05, 4.69) is 38.5 Å². The van der Waals surface area contributed by atoms with E-state index in [4.69, 9.17) is 0 Å². The van der Waals surface area contributed by atoms with E-state index < -0.39 is 0 Å². The zero-order chi connectivity index (χ0) is 11.5. The van der Waals surface area contributed by atoms with Gasteiger partial charge in [0.1, 0.15) is 5.82 Å². The topological polar surface area (TPSA) is 54.0 Å². The number of amides is 1. The van der Waals surface area contributed by atoms with Gasteiger partial charge in [-0.25, -0.2) is 4.98 Å². The van der Waals surface area contributed by atoms with E-state index in [0.717, 1.165) is 28.8 Å². The van der Waals surface area contributed by atoms with Crippen LogP contribution in [0.2, 0.25) is 0 Å². The molecule has 0 fully saturated rings. The average Bonchev–Trinajstić information content (AvgIpc) is 2.36. The van der Waals surface area contributed by atoms with Gasteiger partial charge in [-0.15, -0.1) is 0 Å². The molecule has 0 aromatic carbocycles. The predicted molar refractivity (Wildman–Crippen MR) is 67.5 cm³/mol. The second kappa shape index (κ2) is 4.82. The van der Waals surface area contributed by atoms with E-state index in [0.29, 0.717) is 6.42 Å². The Morgan fingerprint density at radius 1 is 1.62 bits per heavy atom. The van der Waals surface area contributed by atoms with Gasteiger partial charge in [-0.2, -0.15) is 0 Å². The first-order valence-corrected chi connectivity index (χ1v) is 6.20. The molecule has 1 amide bonds. The van der Waals surface area contributed by atoms with Gasteiger partial charge in [-0.05, 0) is 28.4 Å². The molecule has 1 aromatic rings. The molecule has 2 N–H and O–H groups in total. The van der Waals surface area contributed by atoms with Gasteiger partial charge in [-0.3, -0.25) is 4.79 Å². The van der Waals surface area contributed by atoms with Crippen LogP contribution in [0.25, 0.3) is 0 Å². The summed E-state index contributed by atoms with van der Waals surface area (Å²) in [5.74, 6) is 0.803. The lowest BCUT2D eigenvalue weighted by atomic mass is 10.1. The van der Waals surface area contributed by atoms with Crippen molar-refractivity contribution < 1.29 is 4.79 Å². The molecule has 1 aliphatic heterocycles. The van der Waals surface area contributed by atoms with Crippen LogP contribution < -0.4 is 10.6 Å². The lowest BCUT2D eigenvalue weighted by Crippen LogP contribution is -2.22. The maximum atomic E-state index is 11.6. The largest absolute Gasteiger partial charge is 0.365 e. The van der Waals surface area contributed by atoms with Crippen LogP contribution in [0.5, 0.6) is 0 Å². The van der Waals surface area contributed by atoms with Crippen molar-refractivity contribution in [3.63, 3.8) is 0 Å². The number of rotatable bonds is 2. The van der Waals surface area contributed by atoms with Crippen molar-refractivity contribution in [2.45, 2.75) is 32.2 Å². The van der Waals surface area contributed by atoms with Crippen molar-refractivity contribution in [2.24, 2.45) is 0 Å². The number of pyridine rings is 1. The summed E-state index contributed by atoms with van der Waals surface area (Å²) in [6.07, 6.45) is 4.26. The zero-order valence-electron chi connectivity index (χ0n) is 9.09. The Bertz CT molecular complexity index is 408. The number of fused-ring (bicyclic) bond motifs is 1. The Labute approximate surface area is 103 Å². The number of nitrogens with zero attached hydrogens (tertiary/aromatic N) is 1. The minimum absolute atomic E-state index is 0.0459. The predicted octanol–water partition coefficient (Wildman–Crippen LogP) is 2.77. The van der Waals surface area contributed by atoms with Crippen molar-refractivity contribution in [3.8, 4) is 0 Å². The zero-order valence-corrected chi connectivity index (χ0v) is 10.7. The van der Waals surface area contributed by atoms with E-state index in [1.807, 2.05) is 6.07 Å². The molecule has 86 valence electrons. The molecule has 0 saturated heterocycles. The second-order valence-corrected chi connectivity index (χ2v) is 4.85. The van der Waals surface area contributed by atoms with Crippen molar-refractivity contribution in [3.05, 3.63) is 16.7 Å². The van der Waals surface area contributed by atoms with Crippen LogP contribution in [0.15, 0.2) is 16.7 Å². The Balaban J connectivity index is 2.28. The van der Waals surface area contributed by atoms with E-state index in [1.165, 1.54) is 0 Å². The first-order valence-electron chi connectivity index (χ1n) is 5.41. The standard InChI is InChI=1S/C11H14BrN3O/c1-2-3-8-5-10(16)15-9-4-7(12)6-13-11(9)14-8/h4,6,8H,2-3,5H2,1H3,(H,13,14)(H,15,16). The fraction of sp³-hybridized carbons (Fsp3) is 0.455. The maximum Gasteiger partial charge on any atom is 0.226 e. The summed E-state index contributed by atoms with van der Waals surface area (Å²) in [5, 5.41) is 6.16. The Morgan fingerprint density at radius 2 is 2.44 bits per heavy atom. The van der Waals surface area contributed by atoms with Crippen molar-refractivity contribution >= 4 is 33.3 Å². The van der Waals surface area contributed by atoms with Crippen molar-refractivity contribution in [2.75, 3.05) is 10.6 Å². The molecule has 2 rings (SSSR count). The smallest absolute Gasteiger partial charge is 0.226 e. The highest BCUT2D eigenvalue weighted by Gasteiger charge is 2.20. The average molecular weight is 284 g/mol. The molecular weight excluding hydrogens is 270 g/mol. The van der Waals surface area contributed by atoms with Crippen LogP contribution in [0.3, 0.4) is 0 Å². The number of hydrogen-bond acceptors (Lipinski definition) is 3. The van der Waals surface area contributed by atoms with Crippen LogP contribution in [-0.2, 0) is 4.79 Å². The molecule has 0 radical (unpaired) electrons.